The molecule has 0 radical (unpaired) electrons. The average molecular weight is 395 g/mol. The van der Waals surface area contributed by atoms with Gasteiger partial charge in [0, 0.05) is 17.0 Å². The lowest BCUT2D eigenvalue weighted by atomic mass is 10.1. The summed E-state index contributed by atoms with van der Waals surface area (Å²) in [5.41, 5.74) is 1.68. The number of quaternary nitrogens is 1. The Hall–Kier alpha value is -2.99. The maximum atomic E-state index is 12.8. The Morgan fingerprint density at radius 2 is 1.90 bits per heavy atom. The van der Waals surface area contributed by atoms with Gasteiger partial charge in [0.25, 0.3) is 0 Å². The first-order chi connectivity index (χ1) is 14.2. The van der Waals surface area contributed by atoms with E-state index >= 15 is 0 Å². The van der Waals surface area contributed by atoms with Crippen molar-refractivity contribution in [3.8, 4) is 11.5 Å². The van der Waals surface area contributed by atoms with E-state index in [9.17, 15) is 4.79 Å². The monoisotopic (exact) mass is 395 g/mol. The minimum atomic E-state index is 0.156. The SMILES string of the molecule is COc1ccc2c(CC(=O)N3CC[NH+](CCOc4ccccc4)CC3)coc2c1. The van der Waals surface area contributed by atoms with Crippen molar-refractivity contribution >= 4 is 16.9 Å². The topological polar surface area (TPSA) is 56.3 Å². The number of nitrogens with zero attached hydrogens (tertiary/aromatic N) is 1. The number of hydrogen-bond acceptors (Lipinski definition) is 4. The lowest BCUT2D eigenvalue weighted by Crippen LogP contribution is -3.15. The molecule has 2 heterocycles. The number of nitrogens with one attached hydrogen (secondary N) is 1. The Labute approximate surface area is 170 Å². The van der Waals surface area contributed by atoms with E-state index in [1.54, 1.807) is 13.4 Å². The predicted molar refractivity (Wildman–Crippen MR) is 111 cm³/mol. The molecule has 0 aliphatic carbocycles. The quantitative estimate of drug-likeness (QED) is 0.663. The van der Waals surface area contributed by atoms with E-state index in [0.29, 0.717) is 13.0 Å². The molecule has 0 saturated carbocycles. The van der Waals surface area contributed by atoms with Gasteiger partial charge in [-0.05, 0) is 24.3 Å². The van der Waals surface area contributed by atoms with Gasteiger partial charge in [-0.1, -0.05) is 18.2 Å². The van der Waals surface area contributed by atoms with Crippen LogP contribution >= 0.6 is 0 Å². The maximum absolute atomic E-state index is 12.8. The second-order valence-corrected chi connectivity index (χ2v) is 7.34. The molecule has 6 heteroatoms. The molecule has 1 aliphatic rings. The van der Waals surface area contributed by atoms with Crippen molar-refractivity contribution in [1.82, 2.24) is 4.90 Å². The maximum Gasteiger partial charge on any atom is 0.227 e. The predicted octanol–water partition coefficient (Wildman–Crippen LogP) is 1.79. The van der Waals surface area contributed by atoms with Gasteiger partial charge in [0.05, 0.1) is 46.0 Å². The largest absolute Gasteiger partial charge is 0.497 e. The van der Waals surface area contributed by atoms with Crippen molar-refractivity contribution in [2.75, 3.05) is 46.4 Å². The van der Waals surface area contributed by atoms with Crippen LogP contribution in [-0.2, 0) is 11.2 Å². The van der Waals surface area contributed by atoms with Gasteiger partial charge in [-0.2, -0.15) is 0 Å². The number of piperazine rings is 1. The number of hydrogen-bond donors (Lipinski definition) is 1. The van der Waals surface area contributed by atoms with Crippen molar-refractivity contribution in [2.45, 2.75) is 6.42 Å². The Morgan fingerprint density at radius 1 is 1.10 bits per heavy atom. The number of para-hydroxylation sites is 1. The lowest BCUT2D eigenvalue weighted by Gasteiger charge is -2.32. The van der Waals surface area contributed by atoms with Gasteiger partial charge in [-0.3, -0.25) is 4.79 Å². The molecule has 29 heavy (non-hydrogen) atoms. The number of fused-ring (bicyclic) bond motifs is 1. The van der Waals surface area contributed by atoms with E-state index in [2.05, 4.69) is 0 Å². The number of methoxy groups -OCH3 is 1. The third kappa shape index (κ3) is 4.71. The van der Waals surface area contributed by atoms with E-state index in [0.717, 1.165) is 60.8 Å². The summed E-state index contributed by atoms with van der Waals surface area (Å²) in [4.78, 5) is 16.2. The van der Waals surface area contributed by atoms with E-state index in [-0.39, 0.29) is 5.91 Å². The summed E-state index contributed by atoms with van der Waals surface area (Å²) >= 11 is 0. The van der Waals surface area contributed by atoms with Crippen molar-refractivity contribution in [3.05, 3.63) is 60.4 Å². The molecule has 1 aromatic heterocycles. The van der Waals surface area contributed by atoms with Crippen LogP contribution in [0.15, 0.2) is 59.2 Å². The Balaban J connectivity index is 1.25. The fourth-order valence-corrected chi connectivity index (χ4v) is 3.75. The average Bonchev–Trinajstić information content (AvgIpc) is 3.16. The Bertz CT molecular complexity index is 946. The molecule has 1 fully saturated rings. The highest BCUT2D eigenvalue weighted by atomic mass is 16.5. The second kappa shape index (κ2) is 9.01. The van der Waals surface area contributed by atoms with E-state index in [1.807, 2.05) is 53.4 Å². The van der Waals surface area contributed by atoms with E-state index in [1.165, 1.54) is 4.90 Å². The van der Waals surface area contributed by atoms with Crippen LogP contribution in [0, 0.1) is 0 Å². The van der Waals surface area contributed by atoms with Crippen LogP contribution in [0.2, 0.25) is 0 Å². The van der Waals surface area contributed by atoms with Crippen molar-refractivity contribution in [1.29, 1.82) is 0 Å². The Morgan fingerprint density at radius 3 is 2.66 bits per heavy atom. The minimum Gasteiger partial charge on any atom is -0.497 e. The summed E-state index contributed by atoms with van der Waals surface area (Å²) in [5.74, 6) is 1.81. The number of ether oxygens (including phenoxy) is 2. The zero-order valence-corrected chi connectivity index (χ0v) is 16.7. The van der Waals surface area contributed by atoms with Crippen LogP contribution in [0.25, 0.3) is 11.0 Å². The molecule has 1 N–H and O–H groups in total. The third-order valence-electron chi connectivity index (χ3n) is 5.50. The van der Waals surface area contributed by atoms with Gasteiger partial charge in [-0.15, -0.1) is 0 Å². The van der Waals surface area contributed by atoms with Crippen LogP contribution in [0.4, 0.5) is 0 Å². The smallest absolute Gasteiger partial charge is 0.227 e. The number of amides is 1. The normalized spacial score (nSPS) is 14.9. The molecule has 6 nitrogen and oxygen atoms in total. The van der Waals surface area contributed by atoms with E-state index in [4.69, 9.17) is 13.9 Å². The first kappa shape index (κ1) is 19.3. The minimum absolute atomic E-state index is 0.156. The standard InChI is InChI=1S/C23H26N2O4/c1-27-20-7-8-21-18(17-29-22(21)16-20)15-23(26)25-11-9-24(10-12-25)13-14-28-19-5-3-2-4-6-19/h2-8,16-17H,9-15H2,1H3/p+1. The molecular weight excluding hydrogens is 368 g/mol. The molecule has 0 unspecified atom stereocenters. The van der Waals surface area contributed by atoms with Crippen LogP contribution in [0.3, 0.4) is 0 Å². The zero-order chi connectivity index (χ0) is 20.1. The Kier molecular flexibility index (Phi) is 6.00. The molecule has 3 aromatic rings. The summed E-state index contributed by atoms with van der Waals surface area (Å²) in [5, 5.41) is 0.974. The summed E-state index contributed by atoms with van der Waals surface area (Å²) < 4.78 is 16.6. The number of furan rings is 1. The molecule has 4 rings (SSSR count). The highest BCUT2D eigenvalue weighted by Crippen LogP contribution is 2.26. The molecular formula is C23H27N2O4+. The zero-order valence-electron chi connectivity index (χ0n) is 16.7. The molecule has 152 valence electrons. The van der Waals surface area contributed by atoms with Crippen LogP contribution in [-0.4, -0.2) is 57.2 Å². The van der Waals surface area contributed by atoms with Crippen molar-refractivity contribution in [2.24, 2.45) is 0 Å². The lowest BCUT2D eigenvalue weighted by molar-refractivity contribution is -0.904. The van der Waals surface area contributed by atoms with E-state index < -0.39 is 0 Å². The summed E-state index contributed by atoms with van der Waals surface area (Å²) in [6.45, 7) is 5.11. The van der Waals surface area contributed by atoms with Gasteiger partial charge in [0.15, 0.2) is 0 Å². The van der Waals surface area contributed by atoms with Gasteiger partial charge in [-0.25, -0.2) is 0 Å². The van der Waals surface area contributed by atoms with Gasteiger partial charge < -0.3 is 23.7 Å². The fraction of sp³-hybridized carbons (Fsp3) is 0.348. The second-order valence-electron chi connectivity index (χ2n) is 7.34. The first-order valence-corrected chi connectivity index (χ1v) is 10.1. The summed E-state index contributed by atoms with van der Waals surface area (Å²) in [7, 11) is 1.63. The molecule has 1 saturated heterocycles. The number of rotatable bonds is 7. The van der Waals surface area contributed by atoms with Crippen molar-refractivity contribution in [3.63, 3.8) is 0 Å². The third-order valence-corrected chi connectivity index (χ3v) is 5.50. The van der Waals surface area contributed by atoms with Crippen LogP contribution in [0.1, 0.15) is 5.56 Å². The van der Waals surface area contributed by atoms with Crippen LogP contribution < -0.4 is 14.4 Å². The summed E-state index contributed by atoms with van der Waals surface area (Å²) in [6, 6.07) is 15.6. The van der Waals surface area contributed by atoms with Gasteiger partial charge >= 0.3 is 0 Å². The summed E-state index contributed by atoms with van der Waals surface area (Å²) in [6.07, 6.45) is 2.05. The fourth-order valence-electron chi connectivity index (χ4n) is 3.75. The molecule has 1 aliphatic heterocycles. The molecule has 1 amide bonds. The van der Waals surface area contributed by atoms with Crippen LogP contribution in [0.5, 0.6) is 11.5 Å². The first-order valence-electron chi connectivity index (χ1n) is 10.1. The number of carbonyl (C=O) groups is 1. The van der Waals surface area contributed by atoms with Crippen molar-refractivity contribution < 1.29 is 23.6 Å². The number of benzene rings is 2. The highest BCUT2D eigenvalue weighted by molar-refractivity contribution is 5.88. The molecule has 0 atom stereocenters. The highest BCUT2D eigenvalue weighted by Gasteiger charge is 2.24. The molecule has 0 spiro atoms. The number of carbonyl (C=O) groups excluding carboxylic acids is 1. The van der Waals surface area contributed by atoms with Gasteiger partial charge in [0.2, 0.25) is 5.91 Å². The molecule has 2 aromatic carbocycles. The van der Waals surface area contributed by atoms with Gasteiger partial charge in [0.1, 0.15) is 30.2 Å². The molecule has 0 bridgehead atoms.